The van der Waals surface area contributed by atoms with E-state index in [4.69, 9.17) is 11.6 Å². The molecule has 5 nitrogen and oxygen atoms in total. The predicted molar refractivity (Wildman–Crippen MR) is 107 cm³/mol. The number of hydrogen-bond donors (Lipinski definition) is 2. The molecule has 2 aromatic rings. The van der Waals surface area contributed by atoms with Crippen LogP contribution in [0.1, 0.15) is 13.8 Å². The highest BCUT2D eigenvalue weighted by Gasteiger charge is 2.11. The van der Waals surface area contributed by atoms with E-state index in [2.05, 4.69) is 29.4 Å². The first-order valence-electron chi connectivity index (χ1n) is 8.36. The Labute approximate surface area is 158 Å². The van der Waals surface area contributed by atoms with Crippen LogP contribution in [0, 0.1) is 11.3 Å². The first-order chi connectivity index (χ1) is 12.6. The highest BCUT2D eigenvalue weighted by Crippen LogP contribution is 2.21. The smallest absolute Gasteiger partial charge is 0.267 e. The minimum absolute atomic E-state index is 0.0438. The van der Waals surface area contributed by atoms with Crippen molar-refractivity contribution in [3.8, 4) is 6.07 Å². The highest BCUT2D eigenvalue weighted by atomic mass is 35.5. The van der Waals surface area contributed by atoms with Crippen molar-refractivity contribution in [1.29, 1.82) is 5.26 Å². The minimum Gasteiger partial charge on any atom is -0.372 e. The van der Waals surface area contributed by atoms with Gasteiger partial charge in [0, 0.05) is 30.7 Å². The molecule has 0 aliphatic rings. The molecule has 0 aliphatic carbocycles. The topological polar surface area (TPSA) is 68.2 Å². The van der Waals surface area contributed by atoms with Crippen LogP contribution in [0.4, 0.5) is 17.1 Å². The van der Waals surface area contributed by atoms with Gasteiger partial charge < -0.3 is 15.5 Å². The van der Waals surface area contributed by atoms with Crippen molar-refractivity contribution >= 4 is 34.6 Å². The van der Waals surface area contributed by atoms with Crippen LogP contribution in [-0.2, 0) is 4.79 Å². The molecule has 0 bridgehead atoms. The third-order valence-corrected chi connectivity index (χ3v) is 4.20. The van der Waals surface area contributed by atoms with E-state index in [1.54, 1.807) is 24.3 Å². The summed E-state index contributed by atoms with van der Waals surface area (Å²) < 4.78 is 0. The van der Waals surface area contributed by atoms with Crippen LogP contribution in [-0.4, -0.2) is 19.0 Å². The maximum Gasteiger partial charge on any atom is 0.267 e. The van der Waals surface area contributed by atoms with Gasteiger partial charge in [0.2, 0.25) is 0 Å². The SMILES string of the molecule is CCN(CC)c1ccc(N/C=C(/C#N)C(=O)Nc2ccccc2Cl)cc1. The Kier molecular flexibility index (Phi) is 7.07. The zero-order valence-electron chi connectivity index (χ0n) is 14.8. The summed E-state index contributed by atoms with van der Waals surface area (Å²) in [5.41, 5.74) is 2.34. The highest BCUT2D eigenvalue weighted by molar-refractivity contribution is 6.33. The quantitative estimate of drug-likeness (QED) is 0.551. The van der Waals surface area contributed by atoms with Crippen molar-refractivity contribution in [1.82, 2.24) is 0 Å². The second-order valence-electron chi connectivity index (χ2n) is 5.47. The number of rotatable bonds is 7. The molecule has 0 aliphatic heterocycles. The van der Waals surface area contributed by atoms with Gasteiger partial charge in [0.1, 0.15) is 11.6 Å². The number of nitrogens with zero attached hydrogens (tertiary/aromatic N) is 2. The molecule has 6 heteroatoms. The Balaban J connectivity index is 2.06. The van der Waals surface area contributed by atoms with Gasteiger partial charge in [-0.1, -0.05) is 23.7 Å². The summed E-state index contributed by atoms with van der Waals surface area (Å²) in [7, 11) is 0. The van der Waals surface area contributed by atoms with E-state index in [9.17, 15) is 10.1 Å². The molecule has 0 unspecified atom stereocenters. The van der Waals surface area contributed by atoms with Crippen LogP contribution in [0.2, 0.25) is 5.02 Å². The molecule has 0 heterocycles. The molecule has 26 heavy (non-hydrogen) atoms. The Morgan fingerprint density at radius 1 is 1.15 bits per heavy atom. The van der Waals surface area contributed by atoms with Crippen LogP contribution in [0.25, 0.3) is 0 Å². The van der Waals surface area contributed by atoms with Crippen molar-refractivity contribution in [2.45, 2.75) is 13.8 Å². The van der Waals surface area contributed by atoms with Crippen molar-refractivity contribution in [3.05, 3.63) is 65.3 Å². The summed E-state index contributed by atoms with van der Waals surface area (Å²) >= 11 is 6.02. The molecule has 0 atom stereocenters. The van der Waals surface area contributed by atoms with E-state index in [0.717, 1.165) is 24.5 Å². The van der Waals surface area contributed by atoms with E-state index >= 15 is 0 Å². The largest absolute Gasteiger partial charge is 0.372 e. The number of amides is 1. The zero-order chi connectivity index (χ0) is 18.9. The molecule has 134 valence electrons. The fourth-order valence-electron chi connectivity index (χ4n) is 2.41. The number of hydrogen-bond acceptors (Lipinski definition) is 4. The molecule has 0 spiro atoms. The van der Waals surface area contributed by atoms with E-state index < -0.39 is 5.91 Å². The monoisotopic (exact) mass is 368 g/mol. The van der Waals surface area contributed by atoms with Crippen LogP contribution in [0.15, 0.2) is 60.3 Å². The molecule has 1 amide bonds. The van der Waals surface area contributed by atoms with Crippen molar-refractivity contribution in [2.75, 3.05) is 28.6 Å². The summed E-state index contributed by atoms with van der Waals surface area (Å²) in [6.45, 7) is 6.08. The third kappa shape index (κ3) is 5.01. The number of carbonyl (C=O) groups excluding carboxylic acids is 1. The van der Waals surface area contributed by atoms with Gasteiger partial charge >= 0.3 is 0 Å². The van der Waals surface area contributed by atoms with Gasteiger partial charge in [-0.25, -0.2) is 0 Å². The number of nitrogens with one attached hydrogen (secondary N) is 2. The first-order valence-corrected chi connectivity index (χ1v) is 8.74. The van der Waals surface area contributed by atoms with Crippen LogP contribution < -0.4 is 15.5 Å². The zero-order valence-corrected chi connectivity index (χ0v) is 15.5. The maximum absolute atomic E-state index is 12.2. The molecular formula is C20H21ClN4O. The molecule has 0 radical (unpaired) electrons. The number of carbonyl (C=O) groups is 1. The first kappa shape index (κ1) is 19.4. The number of benzene rings is 2. The molecular weight excluding hydrogens is 348 g/mol. The number of para-hydroxylation sites is 1. The molecule has 2 rings (SSSR count). The fraction of sp³-hybridized carbons (Fsp3) is 0.200. The lowest BCUT2D eigenvalue weighted by atomic mass is 10.2. The van der Waals surface area contributed by atoms with Crippen LogP contribution >= 0.6 is 11.6 Å². The second-order valence-corrected chi connectivity index (χ2v) is 5.87. The van der Waals surface area contributed by atoms with Gasteiger partial charge in [-0.3, -0.25) is 4.79 Å². The van der Waals surface area contributed by atoms with Crippen LogP contribution in [0.3, 0.4) is 0 Å². The average Bonchev–Trinajstić information content (AvgIpc) is 2.66. The normalized spacial score (nSPS) is 10.8. The van der Waals surface area contributed by atoms with E-state index in [-0.39, 0.29) is 5.57 Å². The van der Waals surface area contributed by atoms with Crippen molar-refractivity contribution in [2.24, 2.45) is 0 Å². The predicted octanol–water partition coefficient (Wildman–Crippen LogP) is 4.64. The Morgan fingerprint density at radius 2 is 1.81 bits per heavy atom. The lowest BCUT2D eigenvalue weighted by Crippen LogP contribution is -2.21. The lowest BCUT2D eigenvalue weighted by molar-refractivity contribution is -0.112. The summed E-state index contributed by atoms with van der Waals surface area (Å²) in [5.74, 6) is -0.520. The minimum atomic E-state index is -0.520. The Morgan fingerprint density at radius 3 is 2.38 bits per heavy atom. The summed E-state index contributed by atoms with van der Waals surface area (Å²) in [6.07, 6.45) is 1.39. The lowest BCUT2D eigenvalue weighted by Gasteiger charge is -2.21. The molecule has 2 aromatic carbocycles. The van der Waals surface area contributed by atoms with Gasteiger partial charge in [-0.2, -0.15) is 5.26 Å². The van der Waals surface area contributed by atoms with Gasteiger partial charge in [0.15, 0.2) is 0 Å². The maximum atomic E-state index is 12.2. The van der Waals surface area contributed by atoms with E-state index in [1.807, 2.05) is 30.3 Å². The average molecular weight is 369 g/mol. The van der Waals surface area contributed by atoms with Gasteiger partial charge in [0.05, 0.1) is 10.7 Å². The summed E-state index contributed by atoms with van der Waals surface area (Å²) in [5, 5.41) is 15.3. The number of halogens is 1. The van der Waals surface area contributed by atoms with Crippen molar-refractivity contribution in [3.63, 3.8) is 0 Å². The fourth-order valence-corrected chi connectivity index (χ4v) is 2.60. The Bertz CT molecular complexity index is 820. The molecule has 0 fully saturated rings. The third-order valence-electron chi connectivity index (χ3n) is 3.87. The van der Waals surface area contributed by atoms with E-state index in [0.29, 0.717) is 10.7 Å². The van der Waals surface area contributed by atoms with Gasteiger partial charge in [-0.15, -0.1) is 0 Å². The van der Waals surface area contributed by atoms with Gasteiger partial charge in [-0.05, 0) is 50.2 Å². The summed E-state index contributed by atoms with van der Waals surface area (Å²) in [4.78, 5) is 14.5. The Hall–Kier alpha value is -2.97. The van der Waals surface area contributed by atoms with Crippen molar-refractivity contribution < 1.29 is 4.79 Å². The standard InChI is InChI=1S/C20H21ClN4O/c1-3-25(4-2)17-11-9-16(10-12-17)23-14-15(13-22)20(26)24-19-8-6-5-7-18(19)21/h5-12,14,23H,3-4H2,1-2H3,(H,24,26)/b15-14-. The molecule has 2 N–H and O–H groups in total. The number of nitriles is 1. The molecule has 0 aromatic heterocycles. The van der Waals surface area contributed by atoms with E-state index in [1.165, 1.54) is 6.20 Å². The second kappa shape index (κ2) is 9.50. The summed E-state index contributed by atoms with van der Waals surface area (Å²) in [6, 6.07) is 16.6. The molecule has 0 saturated heterocycles. The van der Waals surface area contributed by atoms with Gasteiger partial charge in [0.25, 0.3) is 5.91 Å². The number of anilines is 3. The molecule has 0 saturated carbocycles. The van der Waals surface area contributed by atoms with Crippen LogP contribution in [0.5, 0.6) is 0 Å².